The van der Waals surface area contributed by atoms with Crippen molar-refractivity contribution in [1.29, 1.82) is 0 Å². The molecule has 1 atom stereocenters. The van der Waals surface area contributed by atoms with E-state index in [4.69, 9.17) is 14.2 Å². The lowest BCUT2D eigenvalue weighted by Crippen LogP contribution is -2.16. The molecule has 0 bridgehead atoms. The van der Waals surface area contributed by atoms with E-state index in [0.29, 0.717) is 24.0 Å². The first-order valence-corrected chi connectivity index (χ1v) is 7.72. The minimum atomic E-state index is -0.631. The van der Waals surface area contributed by atoms with Crippen LogP contribution in [0.2, 0.25) is 0 Å². The Morgan fingerprint density at radius 1 is 1.10 bits per heavy atom. The molecule has 1 saturated carbocycles. The molecule has 1 fully saturated rings. The molecule has 1 N–H and O–H groups in total. The number of methoxy groups -OCH3 is 2. The van der Waals surface area contributed by atoms with E-state index in [-0.39, 0.29) is 0 Å². The molecule has 0 spiro atoms. The first-order valence-electron chi connectivity index (χ1n) is 7.72. The number of hydrogen-bond acceptors (Lipinski definition) is 4. The van der Waals surface area contributed by atoms with E-state index in [1.54, 1.807) is 26.4 Å². The van der Waals surface area contributed by atoms with Gasteiger partial charge in [-0.3, -0.25) is 0 Å². The van der Waals surface area contributed by atoms with Crippen molar-refractivity contribution in [3.8, 4) is 11.5 Å². The molecule has 21 heavy (non-hydrogen) atoms. The highest BCUT2D eigenvalue weighted by Crippen LogP contribution is 2.30. The van der Waals surface area contributed by atoms with Crippen LogP contribution in [0.5, 0.6) is 11.5 Å². The van der Waals surface area contributed by atoms with Crippen molar-refractivity contribution in [3.63, 3.8) is 0 Å². The highest BCUT2D eigenvalue weighted by atomic mass is 16.5. The molecule has 0 aromatic heterocycles. The van der Waals surface area contributed by atoms with Crippen molar-refractivity contribution in [1.82, 2.24) is 0 Å². The molecule has 118 valence electrons. The van der Waals surface area contributed by atoms with Gasteiger partial charge in [0.25, 0.3) is 0 Å². The molecule has 1 aromatic rings. The molecule has 0 aliphatic heterocycles. The van der Waals surface area contributed by atoms with Gasteiger partial charge in [0.2, 0.25) is 0 Å². The summed E-state index contributed by atoms with van der Waals surface area (Å²) in [4.78, 5) is 0. The molecule has 1 aromatic carbocycles. The third kappa shape index (κ3) is 4.61. The summed E-state index contributed by atoms with van der Waals surface area (Å²) >= 11 is 0. The summed E-state index contributed by atoms with van der Waals surface area (Å²) in [6, 6.07) is 5.45. The largest absolute Gasteiger partial charge is 0.493 e. The van der Waals surface area contributed by atoms with Crippen LogP contribution >= 0.6 is 0 Å². The number of rotatable bonds is 7. The van der Waals surface area contributed by atoms with E-state index in [9.17, 15) is 5.11 Å². The van der Waals surface area contributed by atoms with Crippen LogP contribution in [-0.4, -0.2) is 32.5 Å². The van der Waals surface area contributed by atoms with Crippen LogP contribution < -0.4 is 9.47 Å². The Balaban J connectivity index is 1.83. The van der Waals surface area contributed by atoms with E-state index >= 15 is 0 Å². The van der Waals surface area contributed by atoms with Crippen molar-refractivity contribution < 1.29 is 19.3 Å². The fraction of sp³-hybridized carbons (Fsp3) is 0.647. The number of hydrogen-bond donors (Lipinski definition) is 1. The zero-order valence-electron chi connectivity index (χ0n) is 13.0. The van der Waals surface area contributed by atoms with Crippen LogP contribution in [-0.2, 0) is 4.74 Å². The Hall–Kier alpha value is -1.26. The summed E-state index contributed by atoms with van der Waals surface area (Å²) in [7, 11) is 3.19. The third-order valence-electron chi connectivity index (χ3n) is 4.15. The van der Waals surface area contributed by atoms with Gasteiger partial charge in [-0.1, -0.05) is 25.3 Å². The molecule has 4 heteroatoms. The molecular formula is C17H26O4. The van der Waals surface area contributed by atoms with Crippen molar-refractivity contribution in [3.05, 3.63) is 23.8 Å². The van der Waals surface area contributed by atoms with Crippen LogP contribution in [0.15, 0.2) is 18.2 Å². The zero-order chi connectivity index (χ0) is 15.1. The number of aliphatic hydroxyl groups is 1. The highest BCUT2D eigenvalue weighted by molar-refractivity contribution is 5.43. The average Bonchev–Trinajstić information content (AvgIpc) is 2.55. The summed E-state index contributed by atoms with van der Waals surface area (Å²) in [5, 5.41) is 10.2. The smallest absolute Gasteiger partial charge is 0.161 e. The average molecular weight is 294 g/mol. The molecule has 0 heterocycles. The maximum atomic E-state index is 10.2. The number of ether oxygens (including phenoxy) is 3. The molecule has 2 rings (SSSR count). The van der Waals surface area contributed by atoms with E-state index < -0.39 is 6.10 Å². The second kappa shape index (κ2) is 8.25. The first kappa shape index (κ1) is 16.1. The predicted molar refractivity (Wildman–Crippen MR) is 81.9 cm³/mol. The Morgan fingerprint density at radius 2 is 1.81 bits per heavy atom. The van der Waals surface area contributed by atoms with E-state index in [1.165, 1.54) is 32.1 Å². The van der Waals surface area contributed by atoms with Crippen LogP contribution in [0.4, 0.5) is 0 Å². The van der Waals surface area contributed by atoms with E-state index in [2.05, 4.69) is 0 Å². The molecular weight excluding hydrogens is 268 g/mol. The van der Waals surface area contributed by atoms with Crippen LogP contribution in [0, 0.1) is 5.92 Å². The van der Waals surface area contributed by atoms with Gasteiger partial charge in [-0.25, -0.2) is 0 Å². The quantitative estimate of drug-likeness (QED) is 0.838. The molecule has 1 aliphatic rings. The topological polar surface area (TPSA) is 47.9 Å². The van der Waals surface area contributed by atoms with E-state index in [1.807, 2.05) is 6.07 Å². The molecule has 4 nitrogen and oxygen atoms in total. The molecule has 1 aliphatic carbocycles. The summed E-state index contributed by atoms with van der Waals surface area (Å²) in [6.07, 6.45) is 5.86. The predicted octanol–water partition coefficient (Wildman–Crippen LogP) is 3.33. The van der Waals surface area contributed by atoms with Crippen LogP contribution in [0.25, 0.3) is 0 Å². The van der Waals surface area contributed by atoms with Crippen molar-refractivity contribution in [2.45, 2.75) is 38.2 Å². The van der Waals surface area contributed by atoms with E-state index in [0.717, 1.165) is 12.2 Å². The summed E-state index contributed by atoms with van der Waals surface area (Å²) in [5.74, 6) is 1.95. The number of aliphatic hydroxyl groups excluding tert-OH is 1. The zero-order valence-corrected chi connectivity index (χ0v) is 13.0. The lowest BCUT2D eigenvalue weighted by molar-refractivity contribution is 0.0145. The third-order valence-corrected chi connectivity index (χ3v) is 4.15. The molecule has 1 unspecified atom stereocenters. The van der Waals surface area contributed by atoms with Crippen LogP contribution in [0.3, 0.4) is 0 Å². The molecule has 0 amide bonds. The van der Waals surface area contributed by atoms with Gasteiger partial charge in [0.15, 0.2) is 11.5 Å². The lowest BCUT2D eigenvalue weighted by Gasteiger charge is -2.22. The van der Waals surface area contributed by atoms with Crippen molar-refractivity contribution in [2.24, 2.45) is 5.92 Å². The maximum absolute atomic E-state index is 10.2. The fourth-order valence-corrected chi connectivity index (χ4v) is 2.86. The Labute approximate surface area is 127 Å². The Morgan fingerprint density at radius 3 is 2.48 bits per heavy atom. The minimum absolute atomic E-state index is 0.325. The highest BCUT2D eigenvalue weighted by Gasteiger charge is 2.16. The van der Waals surface area contributed by atoms with Gasteiger partial charge < -0.3 is 19.3 Å². The molecule has 0 radical (unpaired) electrons. The summed E-state index contributed by atoms with van der Waals surface area (Å²) < 4.78 is 16.1. The van der Waals surface area contributed by atoms with Gasteiger partial charge in [0.1, 0.15) is 6.10 Å². The summed E-state index contributed by atoms with van der Waals surface area (Å²) in [6.45, 7) is 1.08. The monoisotopic (exact) mass is 294 g/mol. The number of benzene rings is 1. The van der Waals surface area contributed by atoms with Gasteiger partial charge in [-0.15, -0.1) is 0 Å². The minimum Gasteiger partial charge on any atom is -0.493 e. The maximum Gasteiger partial charge on any atom is 0.161 e. The van der Waals surface area contributed by atoms with Gasteiger partial charge in [-0.2, -0.15) is 0 Å². The molecule has 0 saturated heterocycles. The van der Waals surface area contributed by atoms with Gasteiger partial charge in [0.05, 0.1) is 20.8 Å². The second-order valence-electron chi connectivity index (χ2n) is 5.67. The Bertz CT molecular complexity index is 427. The van der Waals surface area contributed by atoms with Crippen molar-refractivity contribution in [2.75, 3.05) is 27.4 Å². The second-order valence-corrected chi connectivity index (χ2v) is 5.67. The normalized spacial score (nSPS) is 17.5. The van der Waals surface area contributed by atoms with Gasteiger partial charge in [-0.05, 0) is 36.5 Å². The van der Waals surface area contributed by atoms with Crippen molar-refractivity contribution >= 4 is 0 Å². The lowest BCUT2D eigenvalue weighted by atomic mass is 9.90. The SMILES string of the molecule is COc1ccc(C(O)COCC2CCCCC2)cc1OC. The van der Waals surface area contributed by atoms with Gasteiger partial charge in [0, 0.05) is 6.61 Å². The van der Waals surface area contributed by atoms with Crippen LogP contribution in [0.1, 0.15) is 43.8 Å². The van der Waals surface area contributed by atoms with Gasteiger partial charge >= 0.3 is 0 Å². The standard InChI is InChI=1S/C17H26O4/c1-19-16-9-8-14(10-17(16)20-2)15(18)12-21-11-13-6-4-3-5-7-13/h8-10,13,15,18H,3-7,11-12H2,1-2H3. The fourth-order valence-electron chi connectivity index (χ4n) is 2.86. The summed E-state index contributed by atoms with van der Waals surface area (Å²) in [5.41, 5.74) is 0.788. The first-order chi connectivity index (χ1) is 10.2. The Kier molecular flexibility index (Phi) is 6.33.